The quantitative estimate of drug-likeness (QED) is 0.612. The van der Waals surface area contributed by atoms with Gasteiger partial charge in [-0.15, -0.1) is 0 Å². The van der Waals surface area contributed by atoms with Crippen LogP contribution in [-0.4, -0.2) is 11.2 Å². The van der Waals surface area contributed by atoms with E-state index < -0.39 is 12.6 Å². The van der Waals surface area contributed by atoms with Crippen molar-refractivity contribution in [2.24, 2.45) is 0 Å². The minimum atomic E-state index is -4.18. The number of aromatic nitrogens is 1. The van der Waals surface area contributed by atoms with Gasteiger partial charge in [-0.3, -0.25) is 4.98 Å². The van der Waals surface area contributed by atoms with Crippen LogP contribution in [0.2, 0.25) is 0 Å². The normalized spacial score (nSPS) is 11.5. The zero-order valence-electron chi connectivity index (χ0n) is 5.52. The van der Waals surface area contributed by atoms with E-state index >= 15 is 0 Å². The predicted molar refractivity (Wildman–Crippen MR) is 32.8 cm³/mol. The molecule has 1 aromatic rings. The summed E-state index contributed by atoms with van der Waals surface area (Å²) in [4.78, 5) is 3.42. The molecule has 4 heteroatoms. The van der Waals surface area contributed by atoms with Gasteiger partial charge in [-0.2, -0.15) is 13.2 Å². The van der Waals surface area contributed by atoms with Crippen molar-refractivity contribution in [1.29, 1.82) is 0 Å². The Morgan fingerprint density at radius 1 is 1.45 bits per heavy atom. The molecule has 0 spiro atoms. The number of halogens is 3. The first kappa shape index (κ1) is 8.04. The average molecular weight is 160 g/mol. The molecular weight excluding hydrogens is 155 g/mol. The van der Waals surface area contributed by atoms with Crippen molar-refractivity contribution >= 4 is 0 Å². The average Bonchev–Trinajstić information content (AvgIpc) is 1.85. The van der Waals surface area contributed by atoms with Gasteiger partial charge in [0.15, 0.2) is 0 Å². The van der Waals surface area contributed by atoms with E-state index in [-0.39, 0.29) is 5.69 Å². The minimum Gasteiger partial charge on any atom is -0.251 e. The summed E-state index contributed by atoms with van der Waals surface area (Å²) in [6, 6.07) is 4.26. The van der Waals surface area contributed by atoms with E-state index in [2.05, 4.69) is 11.2 Å². The number of hydrogen-bond acceptors (Lipinski definition) is 1. The molecule has 0 saturated carbocycles. The topological polar surface area (TPSA) is 12.9 Å². The molecule has 1 heterocycles. The lowest BCUT2D eigenvalue weighted by Gasteiger charge is -2.03. The second-order valence-electron chi connectivity index (χ2n) is 2.05. The van der Waals surface area contributed by atoms with E-state index in [1.165, 1.54) is 18.2 Å². The third-order valence-electron chi connectivity index (χ3n) is 1.05. The zero-order chi connectivity index (χ0) is 8.32. The molecule has 11 heavy (non-hydrogen) atoms. The summed E-state index contributed by atoms with van der Waals surface area (Å²) in [6.45, 7) is 0. The van der Waals surface area contributed by atoms with Crippen molar-refractivity contribution in [3.05, 3.63) is 30.1 Å². The fourth-order valence-electron chi connectivity index (χ4n) is 0.663. The maximum Gasteiger partial charge on any atom is 0.394 e. The summed E-state index contributed by atoms with van der Waals surface area (Å²) < 4.78 is 35.1. The Bertz CT molecular complexity index is 217. The van der Waals surface area contributed by atoms with Crippen molar-refractivity contribution in [2.45, 2.75) is 12.6 Å². The summed E-state index contributed by atoms with van der Waals surface area (Å²) in [6.07, 6.45) is -2.83. The van der Waals surface area contributed by atoms with Gasteiger partial charge in [0.1, 0.15) is 0 Å². The van der Waals surface area contributed by atoms with Crippen LogP contribution in [0, 0.1) is 6.20 Å². The molecule has 59 valence electrons. The molecule has 0 bridgehead atoms. The Labute approximate surface area is 61.9 Å². The molecular formula is C7H5F3N. The van der Waals surface area contributed by atoms with Gasteiger partial charge in [-0.25, -0.2) is 0 Å². The van der Waals surface area contributed by atoms with Crippen LogP contribution in [0.15, 0.2) is 18.2 Å². The Hall–Kier alpha value is -1.06. The van der Waals surface area contributed by atoms with Gasteiger partial charge in [-0.05, 0) is 12.1 Å². The van der Waals surface area contributed by atoms with Crippen LogP contribution in [0.4, 0.5) is 13.2 Å². The van der Waals surface area contributed by atoms with Crippen LogP contribution >= 0.6 is 0 Å². The Kier molecular flexibility index (Phi) is 2.12. The second-order valence-corrected chi connectivity index (χ2v) is 2.05. The lowest BCUT2D eigenvalue weighted by Crippen LogP contribution is -2.12. The second kappa shape index (κ2) is 2.90. The van der Waals surface area contributed by atoms with Crippen molar-refractivity contribution in [3.8, 4) is 0 Å². The third kappa shape index (κ3) is 3.02. The minimum absolute atomic E-state index is 0.000000000000000666. The molecule has 0 aliphatic heterocycles. The molecule has 1 rings (SSSR count). The van der Waals surface area contributed by atoms with Crippen molar-refractivity contribution in [2.75, 3.05) is 0 Å². The highest BCUT2D eigenvalue weighted by Gasteiger charge is 2.27. The highest BCUT2D eigenvalue weighted by Crippen LogP contribution is 2.19. The number of rotatable bonds is 1. The molecule has 0 amide bonds. The van der Waals surface area contributed by atoms with Gasteiger partial charge in [0.2, 0.25) is 0 Å². The first-order chi connectivity index (χ1) is 5.08. The van der Waals surface area contributed by atoms with Gasteiger partial charge >= 0.3 is 6.18 Å². The molecule has 1 nitrogen and oxygen atoms in total. The maximum absolute atomic E-state index is 11.7. The van der Waals surface area contributed by atoms with Gasteiger partial charge < -0.3 is 0 Å². The van der Waals surface area contributed by atoms with Gasteiger partial charge in [0, 0.05) is 0 Å². The number of alkyl halides is 3. The van der Waals surface area contributed by atoms with E-state index in [1.807, 2.05) is 0 Å². The van der Waals surface area contributed by atoms with E-state index in [0.29, 0.717) is 0 Å². The summed E-state index contributed by atoms with van der Waals surface area (Å²) in [5.41, 5.74) is 0.000000000000000666. The predicted octanol–water partition coefficient (Wildman–Crippen LogP) is 1.99. The monoisotopic (exact) mass is 160 g/mol. The Balaban J connectivity index is 2.66. The van der Waals surface area contributed by atoms with Crippen LogP contribution in [-0.2, 0) is 6.42 Å². The highest BCUT2D eigenvalue weighted by atomic mass is 19.4. The third-order valence-corrected chi connectivity index (χ3v) is 1.05. The van der Waals surface area contributed by atoms with Crippen LogP contribution in [0.5, 0.6) is 0 Å². The Morgan fingerprint density at radius 3 is 2.64 bits per heavy atom. The van der Waals surface area contributed by atoms with Crippen LogP contribution in [0.3, 0.4) is 0 Å². The van der Waals surface area contributed by atoms with Gasteiger partial charge in [0.25, 0.3) is 0 Å². The lowest BCUT2D eigenvalue weighted by molar-refractivity contribution is -0.127. The molecule has 0 aliphatic carbocycles. The first-order valence-corrected chi connectivity index (χ1v) is 2.97. The fraction of sp³-hybridized carbons (Fsp3) is 0.286. The van der Waals surface area contributed by atoms with E-state index in [9.17, 15) is 13.2 Å². The fourth-order valence-corrected chi connectivity index (χ4v) is 0.663. The standard InChI is InChI=1S/C7H5F3N/c8-7(9,10)5-6-3-1-2-4-11-6/h1-3H,5H2. The molecule has 0 fully saturated rings. The SMILES string of the molecule is FC(F)(F)Cc1ccc[c]n1. The summed E-state index contributed by atoms with van der Waals surface area (Å²) in [7, 11) is 0. The highest BCUT2D eigenvalue weighted by molar-refractivity contribution is 5.03. The molecule has 1 radical (unpaired) electrons. The van der Waals surface area contributed by atoms with Crippen LogP contribution in [0.1, 0.15) is 5.69 Å². The largest absolute Gasteiger partial charge is 0.394 e. The number of nitrogens with zero attached hydrogens (tertiary/aromatic N) is 1. The summed E-state index contributed by atoms with van der Waals surface area (Å²) in [5.74, 6) is 0. The lowest BCUT2D eigenvalue weighted by atomic mass is 10.3. The summed E-state index contributed by atoms with van der Waals surface area (Å²) >= 11 is 0. The van der Waals surface area contributed by atoms with Crippen molar-refractivity contribution in [3.63, 3.8) is 0 Å². The van der Waals surface area contributed by atoms with E-state index in [1.54, 1.807) is 0 Å². The smallest absolute Gasteiger partial charge is 0.251 e. The molecule has 1 aromatic heterocycles. The zero-order valence-corrected chi connectivity index (χ0v) is 5.52. The van der Waals surface area contributed by atoms with Gasteiger partial charge in [0.05, 0.1) is 18.3 Å². The Morgan fingerprint density at radius 2 is 2.18 bits per heavy atom. The summed E-state index contributed by atoms with van der Waals surface area (Å²) in [5, 5.41) is 0. The van der Waals surface area contributed by atoms with Crippen molar-refractivity contribution in [1.82, 2.24) is 4.98 Å². The molecule has 0 aliphatic rings. The van der Waals surface area contributed by atoms with Crippen LogP contribution < -0.4 is 0 Å². The number of pyridine rings is 1. The van der Waals surface area contributed by atoms with Gasteiger partial charge in [-0.1, -0.05) is 6.07 Å². The number of hydrogen-bond donors (Lipinski definition) is 0. The van der Waals surface area contributed by atoms with E-state index in [0.717, 1.165) is 0 Å². The first-order valence-electron chi connectivity index (χ1n) is 2.97. The molecule has 0 N–H and O–H groups in total. The maximum atomic E-state index is 11.7. The molecule has 0 unspecified atom stereocenters. The molecule has 0 aromatic carbocycles. The van der Waals surface area contributed by atoms with Crippen molar-refractivity contribution < 1.29 is 13.2 Å². The van der Waals surface area contributed by atoms with Crippen LogP contribution in [0.25, 0.3) is 0 Å². The molecule has 0 atom stereocenters. The molecule has 0 saturated heterocycles. The van der Waals surface area contributed by atoms with E-state index in [4.69, 9.17) is 0 Å².